The van der Waals surface area contributed by atoms with Gasteiger partial charge in [0.25, 0.3) is 0 Å². The monoisotopic (exact) mass is 445 g/mol. The normalized spacial score (nSPS) is 15.6. The molecular weight excluding hydrogens is 414 g/mol. The molecule has 0 aromatic heterocycles. The van der Waals surface area contributed by atoms with Crippen LogP contribution in [-0.2, 0) is 13.2 Å². The molecule has 1 aliphatic rings. The SMILES string of the molecule is CCOc1cc(CNC2CCCCCCC2)cc(Br)c1OCc1ccccc1. The first-order valence-corrected chi connectivity index (χ1v) is 11.4. The molecular formula is C24H32BrNO2. The van der Waals surface area contributed by atoms with Gasteiger partial charge >= 0.3 is 0 Å². The third kappa shape index (κ3) is 6.52. The number of nitrogens with one attached hydrogen (secondary N) is 1. The van der Waals surface area contributed by atoms with E-state index in [4.69, 9.17) is 9.47 Å². The molecule has 2 aromatic rings. The average Bonchev–Trinajstić information content (AvgIpc) is 2.67. The molecule has 28 heavy (non-hydrogen) atoms. The van der Waals surface area contributed by atoms with Crippen molar-refractivity contribution < 1.29 is 9.47 Å². The smallest absolute Gasteiger partial charge is 0.175 e. The van der Waals surface area contributed by atoms with Crippen molar-refractivity contribution in [2.75, 3.05) is 6.61 Å². The zero-order valence-corrected chi connectivity index (χ0v) is 18.5. The first kappa shape index (κ1) is 21.2. The average molecular weight is 446 g/mol. The molecule has 0 unspecified atom stereocenters. The van der Waals surface area contributed by atoms with Crippen molar-refractivity contribution in [2.24, 2.45) is 0 Å². The maximum absolute atomic E-state index is 6.09. The van der Waals surface area contributed by atoms with Gasteiger partial charge in [0, 0.05) is 12.6 Å². The van der Waals surface area contributed by atoms with Crippen LogP contribution in [0.3, 0.4) is 0 Å². The summed E-state index contributed by atoms with van der Waals surface area (Å²) in [5, 5.41) is 3.76. The lowest BCUT2D eigenvalue weighted by Crippen LogP contribution is -2.29. The molecule has 0 atom stereocenters. The van der Waals surface area contributed by atoms with Gasteiger partial charge in [-0.2, -0.15) is 0 Å². The lowest BCUT2D eigenvalue weighted by Gasteiger charge is -2.22. The molecule has 0 radical (unpaired) electrons. The molecule has 1 fully saturated rings. The molecule has 4 heteroatoms. The van der Waals surface area contributed by atoms with Crippen LogP contribution >= 0.6 is 15.9 Å². The van der Waals surface area contributed by atoms with Crippen LogP contribution in [0.5, 0.6) is 11.5 Å². The summed E-state index contributed by atoms with van der Waals surface area (Å²) < 4.78 is 12.9. The Hall–Kier alpha value is -1.52. The molecule has 3 nitrogen and oxygen atoms in total. The van der Waals surface area contributed by atoms with Crippen LogP contribution in [0.25, 0.3) is 0 Å². The van der Waals surface area contributed by atoms with Gasteiger partial charge in [-0.15, -0.1) is 0 Å². The van der Waals surface area contributed by atoms with Crippen LogP contribution in [0.4, 0.5) is 0 Å². The first-order valence-electron chi connectivity index (χ1n) is 10.6. The molecule has 0 heterocycles. The molecule has 0 bridgehead atoms. The van der Waals surface area contributed by atoms with E-state index in [-0.39, 0.29) is 0 Å². The predicted molar refractivity (Wildman–Crippen MR) is 119 cm³/mol. The van der Waals surface area contributed by atoms with Crippen LogP contribution in [0.2, 0.25) is 0 Å². The van der Waals surface area contributed by atoms with Crippen LogP contribution in [-0.4, -0.2) is 12.6 Å². The minimum atomic E-state index is 0.527. The zero-order chi connectivity index (χ0) is 19.6. The highest BCUT2D eigenvalue weighted by atomic mass is 79.9. The lowest BCUT2D eigenvalue weighted by molar-refractivity contribution is 0.267. The van der Waals surface area contributed by atoms with Crippen molar-refractivity contribution in [2.45, 2.75) is 71.1 Å². The summed E-state index contributed by atoms with van der Waals surface area (Å²) in [6.07, 6.45) is 9.43. The highest BCUT2D eigenvalue weighted by molar-refractivity contribution is 9.10. The van der Waals surface area contributed by atoms with E-state index in [0.29, 0.717) is 19.3 Å². The van der Waals surface area contributed by atoms with E-state index >= 15 is 0 Å². The molecule has 0 aliphatic heterocycles. The third-order valence-electron chi connectivity index (χ3n) is 5.30. The molecule has 3 rings (SSSR count). The van der Waals surface area contributed by atoms with Crippen molar-refractivity contribution in [3.8, 4) is 11.5 Å². The maximum atomic E-state index is 6.09. The summed E-state index contributed by atoms with van der Waals surface area (Å²) in [6.45, 7) is 4.02. The topological polar surface area (TPSA) is 30.5 Å². The van der Waals surface area contributed by atoms with Crippen LogP contribution in [0.15, 0.2) is 46.9 Å². The second-order valence-electron chi connectivity index (χ2n) is 7.54. The van der Waals surface area contributed by atoms with Crippen molar-refractivity contribution in [1.29, 1.82) is 0 Å². The lowest BCUT2D eigenvalue weighted by atomic mass is 9.96. The first-order chi connectivity index (χ1) is 13.8. The largest absolute Gasteiger partial charge is 0.490 e. The fourth-order valence-electron chi connectivity index (χ4n) is 3.78. The maximum Gasteiger partial charge on any atom is 0.175 e. The van der Waals surface area contributed by atoms with Crippen molar-refractivity contribution in [1.82, 2.24) is 5.32 Å². The highest BCUT2D eigenvalue weighted by Gasteiger charge is 2.15. The highest BCUT2D eigenvalue weighted by Crippen LogP contribution is 2.37. The zero-order valence-electron chi connectivity index (χ0n) is 16.9. The van der Waals surface area contributed by atoms with Gasteiger partial charge in [0.1, 0.15) is 6.61 Å². The third-order valence-corrected chi connectivity index (χ3v) is 5.88. The van der Waals surface area contributed by atoms with E-state index in [9.17, 15) is 0 Å². The number of ether oxygens (including phenoxy) is 2. The molecule has 1 saturated carbocycles. The Kier molecular flexibility index (Phi) is 8.69. The molecule has 1 N–H and O–H groups in total. The van der Waals surface area contributed by atoms with Gasteiger partial charge in [-0.25, -0.2) is 0 Å². The Morgan fingerprint density at radius 2 is 1.64 bits per heavy atom. The molecule has 0 amide bonds. The van der Waals surface area contributed by atoms with Gasteiger partial charge in [-0.05, 0) is 59.0 Å². The van der Waals surface area contributed by atoms with Crippen molar-refractivity contribution in [3.05, 3.63) is 58.1 Å². The predicted octanol–water partition coefficient (Wildman–Crippen LogP) is 6.63. The summed E-state index contributed by atoms with van der Waals surface area (Å²) in [5.41, 5.74) is 2.37. The van der Waals surface area contributed by atoms with E-state index in [2.05, 4.69) is 45.5 Å². The second kappa shape index (κ2) is 11.5. The fraction of sp³-hybridized carbons (Fsp3) is 0.500. The Labute approximate surface area is 178 Å². The number of hydrogen-bond donors (Lipinski definition) is 1. The molecule has 1 aliphatic carbocycles. The number of hydrogen-bond acceptors (Lipinski definition) is 3. The van der Waals surface area contributed by atoms with E-state index < -0.39 is 0 Å². The Morgan fingerprint density at radius 1 is 0.929 bits per heavy atom. The molecule has 2 aromatic carbocycles. The van der Waals surface area contributed by atoms with Gasteiger partial charge in [0.05, 0.1) is 11.1 Å². The molecule has 152 valence electrons. The second-order valence-corrected chi connectivity index (χ2v) is 8.39. The minimum absolute atomic E-state index is 0.527. The number of halogens is 1. The number of rotatable bonds is 8. The molecule has 0 spiro atoms. The van der Waals surface area contributed by atoms with Crippen molar-refractivity contribution >= 4 is 15.9 Å². The van der Waals surface area contributed by atoms with Crippen LogP contribution in [0, 0.1) is 0 Å². The summed E-state index contributed by atoms with van der Waals surface area (Å²) in [4.78, 5) is 0. The molecule has 0 saturated heterocycles. The van der Waals surface area contributed by atoms with Gasteiger partial charge < -0.3 is 14.8 Å². The van der Waals surface area contributed by atoms with E-state index in [1.165, 1.54) is 50.5 Å². The van der Waals surface area contributed by atoms with Gasteiger partial charge in [-0.1, -0.05) is 62.4 Å². The minimum Gasteiger partial charge on any atom is -0.490 e. The van der Waals surface area contributed by atoms with Gasteiger partial charge in [0.15, 0.2) is 11.5 Å². The van der Waals surface area contributed by atoms with Gasteiger partial charge in [-0.3, -0.25) is 0 Å². The Balaban J connectivity index is 1.65. The standard InChI is InChI=1S/C24H32BrNO2/c1-2-27-23-16-20(17-26-21-13-9-4-3-5-10-14-21)15-22(25)24(23)28-18-19-11-7-6-8-12-19/h6-8,11-12,15-16,21,26H,2-5,9-10,13-14,17-18H2,1H3. The van der Waals surface area contributed by atoms with E-state index in [0.717, 1.165) is 28.1 Å². The van der Waals surface area contributed by atoms with Gasteiger partial charge in [0.2, 0.25) is 0 Å². The quantitative estimate of drug-likeness (QED) is 0.494. The Morgan fingerprint density at radius 3 is 2.36 bits per heavy atom. The van der Waals surface area contributed by atoms with E-state index in [1.807, 2.05) is 25.1 Å². The summed E-state index contributed by atoms with van der Waals surface area (Å²) in [6, 6.07) is 15.1. The number of benzene rings is 2. The fourth-order valence-corrected chi connectivity index (χ4v) is 4.38. The summed E-state index contributed by atoms with van der Waals surface area (Å²) in [5.74, 6) is 1.59. The van der Waals surface area contributed by atoms with Crippen LogP contribution < -0.4 is 14.8 Å². The summed E-state index contributed by atoms with van der Waals surface area (Å²) in [7, 11) is 0. The van der Waals surface area contributed by atoms with Crippen molar-refractivity contribution in [3.63, 3.8) is 0 Å². The summed E-state index contributed by atoms with van der Waals surface area (Å²) >= 11 is 3.70. The Bertz CT molecular complexity index is 712. The van der Waals surface area contributed by atoms with Crippen LogP contribution in [0.1, 0.15) is 63.0 Å². The van der Waals surface area contributed by atoms with E-state index in [1.54, 1.807) is 0 Å².